The minimum absolute atomic E-state index is 0.287. The molecule has 0 spiro atoms. The summed E-state index contributed by atoms with van der Waals surface area (Å²) in [6.07, 6.45) is 3.98. The summed E-state index contributed by atoms with van der Waals surface area (Å²) in [6.45, 7) is 5.46. The van der Waals surface area contributed by atoms with Gasteiger partial charge in [-0.2, -0.15) is 0 Å². The van der Waals surface area contributed by atoms with E-state index in [0.29, 0.717) is 12.0 Å². The second kappa shape index (κ2) is 7.36. The number of pyridine rings is 1. The number of aromatic nitrogens is 1. The third-order valence-corrected chi connectivity index (χ3v) is 2.77. The van der Waals surface area contributed by atoms with E-state index in [4.69, 9.17) is 5.11 Å². The molecule has 2 unspecified atom stereocenters. The fourth-order valence-corrected chi connectivity index (χ4v) is 1.60. The maximum atomic E-state index is 8.89. The van der Waals surface area contributed by atoms with E-state index < -0.39 is 0 Å². The van der Waals surface area contributed by atoms with Crippen LogP contribution in [0.5, 0.6) is 0 Å². The van der Waals surface area contributed by atoms with Gasteiger partial charge in [0.1, 0.15) is 0 Å². The normalized spacial score (nSPS) is 14.7. The molecule has 2 atom stereocenters. The SMILES string of the molecule is CC(CO)CCCNC(C)c1ccccn1. The average Bonchev–Trinajstić information content (AvgIpc) is 2.35. The summed E-state index contributed by atoms with van der Waals surface area (Å²) in [6, 6.07) is 6.27. The van der Waals surface area contributed by atoms with E-state index in [2.05, 4.69) is 24.1 Å². The monoisotopic (exact) mass is 222 g/mol. The van der Waals surface area contributed by atoms with Crippen molar-refractivity contribution in [3.63, 3.8) is 0 Å². The first-order valence-electron chi connectivity index (χ1n) is 5.99. The molecule has 0 fully saturated rings. The summed E-state index contributed by atoms with van der Waals surface area (Å²) in [4.78, 5) is 4.31. The molecule has 1 heterocycles. The van der Waals surface area contributed by atoms with Crippen molar-refractivity contribution in [2.45, 2.75) is 32.7 Å². The number of hydrogen-bond donors (Lipinski definition) is 2. The Kier molecular flexibility index (Phi) is 6.04. The Labute approximate surface area is 97.9 Å². The Hall–Kier alpha value is -0.930. The van der Waals surface area contributed by atoms with Crippen molar-refractivity contribution in [2.75, 3.05) is 13.2 Å². The highest BCUT2D eigenvalue weighted by Gasteiger charge is 2.05. The van der Waals surface area contributed by atoms with Gasteiger partial charge in [0, 0.05) is 18.8 Å². The molecule has 0 aliphatic heterocycles. The molecule has 0 aliphatic rings. The third kappa shape index (κ3) is 4.73. The van der Waals surface area contributed by atoms with Crippen LogP contribution in [0.1, 0.15) is 38.4 Å². The summed E-state index contributed by atoms with van der Waals surface area (Å²) >= 11 is 0. The summed E-state index contributed by atoms with van der Waals surface area (Å²) in [7, 11) is 0. The van der Waals surface area contributed by atoms with Crippen LogP contribution >= 0.6 is 0 Å². The number of aliphatic hydroxyl groups excluding tert-OH is 1. The predicted octanol–water partition coefficient (Wildman–Crippen LogP) is 2.14. The summed E-state index contributed by atoms with van der Waals surface area (Å²) < 4.78 is 0. The zero-order valence-electron chi connectivity index (χ0n) is 10.2. The van der Waals surface area contributed by atoms with Crippen molar-refractivity contribution in [1.82, 2.24) is 10.3 Å². The van der Waals surface area contributed by atoms with Crippen molar-refractivity contribution in [2.24, 2.45) is 5.92 Å². The van der Waals surface area contributed by atoms with Crippen molar-refractivity contribution >= 4 is 0 Å². The lowest BCUT2D eigenvalue weighted by molar-refractivity contribution is 0.227. The van der Waals surface area contributed by atoms with Gasteiger partial charge in [-0.1, -0.05) is 13.0 Å². The second-order valence-electron chi connectivity index (χ2n) is 4.36. The minimum Gasteiger partial charge on any atom is -0.396 e. The van der Waals surface area contributed by atoms with Crippen LogP contribution in [0.25, 0.3) is 0 Å². The quantitative estimate of drug-likeness (QED) is 0.695. The van der Waals surface area contributed by atoms with Gasteiger partial charge in [0.25, 0.3) is 0 Å². The molecule has 0 saturated carbocycles. The van der Waals surface area contributed by atoms with Gasteiger partial charge in [0.15, 0.2) is 0 Å². The molecule has 3 nitrogen and oxygen atoms in total. The fourth-order valence-electron chi connectivity index (χ4n) is 1.60. The van der Waals surface area contributed by atoms with Gasteiger partial charge in [-0.15, -0.1) is 0 Å². The highest BCUT2D eigenvalue weighted by atomic mass is 16.3. The zero-order valence-corrected chi connectivity index (χ0v) is 10.2. The van der Waals surface area contributed by atoms with Gasteiger partial charge in [0.2, 0.25) is 0 Å². The van der Waals surface area contributed by atoms with E-state index in [1.165, 1.54) is 0 Å². The van der Waals surface area contributed by atoms with Gasteiger partial charge in [0.05, 0.1) is 5.69 Å². The van der Waals surface area contributed by atoms with Crippen LogP contribution in [0.3, 0.4) is 0 Å². The van der Waals surface area contributed by atoms with E-state index in [1.54, 1.807) is 0 Å². The third-order valence-electron chi connectivity index (χ3n) is 2.77. The van der Waals surface area contributed by atoms with Crippen LogP contribution in [-0.4, -0.2) is 23.2 Å². The number of nitrogens with zero attached hydrogens (tertiary/aromatic N) is 1. The van der Waals surface area contributed by atoms with Crippen molar-refractivity contribution in [3.8, 4) is 0 Å². The summed E-state index contributed by atoms with van der Waals surface area (Å²) in [5.41, 5.74) is 1.08. The van der Waals surface area contributed by atoms with Gasteiger partial charge < -0.3 is 10.4 Å². The maximum Gasteiger partial charge on any atom is 0.0570 e. The molecule has 0 bridgehead atoms. The first kappa shape index (κ1) is 13.1. The Bertz CT molecular complexity index is 277. The molecular weight excluding hydrogens is 200 g/mol. The van der Waals surface area contributed by atoms with E-state index in [0.717, 1.165) is 25.1 Å². The van der Waals surface area contributed by atoms with E-state index in [1.807, 2.05) is 24.4 Å². The molecule has 1 aromatic heterocycles. The molecule has 1 rings (SSSR count). The Morgan fingerprint density at radius 3 is 2.81 bits per heavy atom. The Balaban J connectivity index is 2.18. The van der Waals surface area contributed by atoms with Crippen molar-refractivity contribution in [1.29, 1.82) is 0 Å². The van der Waals surface area contributed by atoms with Crippen LogP contribution < -0.4 is 5.32 Å². The summed E-state index contributed by atoms with van der Waals surface area (Å²) in [5, 5.41) is 12.3. The van der Waals surface area contributed by atoms with E-state index >= 15 is 0 Å². The van der Waals surface area contributed by atoms with E-state index in [-0.39, 0.29) is 6.61 Å². The first-order chi connectivity index (χ1) is 7.74. The average molecular weight is 222 g/mol. The van der Waals surface area contributed by atoms with Crippen molar-refractivity contribution in [3.05, 3.63) is 30.1 Å². The molecule has 90 valence electrons. The molecule has 0 aliphatic carbocycles. The molecule has 1 aromatic rings. The minimum atomic E-state index is 0.287. The zero-order chi connectivity index (χ0) is 11.8. The Morgan fingerprint density at radius 2 is 2.19 bits per heavy atom. The highest BCUT2D eigenvalue weighted by Crippen LogP contribution is 2.09. The molecular formula is C13H22N2O. The van der Waals surface area contributed by atoms with Crippen LogP contribution in [0, 0.1) is 5.92 Å². The topological polar surface area (TPSA) is 45.1 Å². The molecule has 0 radical (unpaired) electrons. The van der Waals surface area contributed by atoms with Gasteiger partial charge >= 0.3 is 0 Å². The predicted molar refractivity (Wildman–Crippen MR) is 66.1 cm³/mol. The van der Waals surface area contributed by atoms with E-state index in [9.17, 15) is 0 Å². The molecule has 0 saturated heterocycles. The van der Waals surface area contributed by atoms with Gasteiger partial charge in [-0.25, -0.2) is 0 Å². The smallest absolute Gasteiger partial charge is 0.0570 e. The second-order valence-corrected chi connectivity index (χ2v) is 4.36. The van der Waals surface area contributed by atoms with Gasteiger partial charge in [-0.05, 0) is 44.4 Å². The highest BCUT2D eigenvalue weighted by molar-refractivity contribution is 5.07. The van der Waals surface area contributed by atoms with Crippen LogP contribution in [0.4, 0.5) is 0 Å². The molecule has 0 amide bonds. The number of hydrogen-bond acceptors (Lipinski definition) is 3. The fraction of sp³-hybridized carbons (Fsp3) is 0.615. The molecule has 3 heteroatoms. The molecule has 2 N–H and O–H groups in total. The summed E-state index contributed by atoms with van der Waals surface area (Å²) in [5.74, 6) is 0.409. The van der Waals surface area contributed by atoms with Gasteiger partial charge in [-0.3, -0.25) is 4.98 Å². The lowest BCUT2D eigenvalue weighted by Gasteiger charge is -2.14. The maximum absolute atomic E-state index is 8.89. The molecule has 16 heavy (non-hydrogen) atoms. The van der Waals surface area contributed by atoms with Crippen LogP contribution in [0.15, 0.2) is 24.4 Å². The number of rotatable bonds is 7. The Morgan fingerprint density at radius 1 is 1.38 bits per heavy atom. The number of aliphatic hydroxyl groups is 1. The lowest BCUT2D eigenvalue weighted by atomic mass is 10.1. The molecule has 0 aromatic carbocycles. The van der Waals surface area contributed by atoms with Crippen LogP contribution in [0.2, 0.25) is 0 Å². The van der Waals surface area contributed by atoms with Crippen LogP contribution in [-0.2, 0) is 0 Å². The largest absolute Gasteiger partial charge is 0.396 e. The first-order valence-corrected chi connectivity index (χ1v) is 5.99. The number of nitrogens with one attached hydrogen (secondary N) is 1. The lowest BCUT2D eigenvalue weighted by Crippen LogP contribution is -2.21. The standard InChI is InChI=1S/C13H22N2O/c1-11(10-16)6-5-9-14-12(2)13-7-3-4-8-15-13/h3-4,7-8,11-12,14,16H,5-6,9-10H2,1-2H3. The van der Waals surface area contributed by atoms with Crippen molar-refractivity contribution < 1.29 is 5.11 Å².